The van der Waals surface area contributed by atoms with E-state index in [0.717, 1.165) is 55.1 Å². The molecule has 0 spiro atoms. The first-order chi connectivity index (χ1) is 13.5. The Morgan fingerprint density at radius 2 is 1.79 bits per heavy atom. The van der Waals surface area contributed by atoms with Crippen molar-refractivity contribution in [3.8, 4) is 5.75 Å². The highest BCUT2D eigenvalue weighted by Crippen LogP contribution is 2.19. The number of nitrogens with zero attached hydrogens (tertiary/aromatic N) is 2. The molecule has 0 saturated carbocycles. The molecule has 2 aromatic carbocycles. The van der Waals surface area contributed by atoms with Crippen molar-refractivity contribution in [1.29, 1.82) is 0 Å². The number of nitrogens with one attached hydrogen (secondary N) is 1. The first-order valence-corrected chi connectivity index (χ1v) is 9.50. The average molecular weight is 383 g/mol. The first-order valence-electron chi connectivity index (χ1n) is 9.50. The van der Waals surface area contributed by atoms with Gasteiger partial charge in [-0.1, -0.05) is 12.1 Å². The van der Waals surface area contributed by atoms with Crippen molar-refractivity contribution < 1.29 is 13.9 Å². The fourth-order valence-corrected chi connectivity index (χ4v) is 3.33. The van der Waals surface area contributed by atoms with Crippen molar-refractivity contribution in [3.63, 3.8) is 0 Å². The summed E-state index contributed by atoms with van der Waals surface area (Å²) in [6, 6.07) is 14.2. The fraction of sp³-hybridized carbons (Fsp3) is 0.364. The molecule has 3 rings (SSSR count). The normalized spacial score (nSPS) is 16.0. The van der Waals surface area contributed by atoms with Crippen LogP contribution in [0.15, 0.2) is 53.6 Å². The predicted octanol–water partition coefficient (Wildman–Crippen LogP) is 3.59. The van der Waals surface area contributed by atoms with Gasteiger partial charge in [0.05, 0.1) is 12.8 Å². The number of carbonyl (C=O) groups excluding carboxylic acids is 1. The number of methoxy groups -OCH3 is 1. The van der Waals surface area contributed by atoms with Gasteiger partial charge < -0.3 is 4.74 Å². The van der Waals surface area contributed by atoms with Crippen molar-refractivity contribution in [2.75, 3.05) is 20.2 Å². The topological polar surface area (TPSA) is 53.9 Å². The quantitative estimate of drug-likeness (QED) is 0.613. The van der Waals surface area contributed by atoms with Crippen LogP contribution in [0, 0.1) is 11.7 Å². The molecule has 1 saturated heterocycles. The van der Waals surface area contributed by atoms with E-state index in [-0.39, 0.29) is 17.6 Å². The molecule has 1 fully saturated rings. The summed E-state index contributed by atoms with van der Waals surface area (Å²) in [7, 11) is 1.63. The van der Waals surface area contributed by atoms with E-state index in [2.05, 4.69) is 15.4 Å². The predicted molar refractivity (Wildman–Crippen MR) is 108 cm³/mol. The third-order valence-corrected chi connectivity index (χ3v) is 5.12. The lowest BCUT2D eigenvalue weighted by atomic mass is 9.96. The van der Waals surface area contributed by atoms with Gasteiger partial charge >= 0.3 is 0 Å². The van der Waals surface area contributed by atoms with E-state index in [1.807, 2.05) is 43.3 Å². The molecule has 1 aliphatic heterocycles. The Kier molecular flexibility index (Phi) is 6.76. The van der Waals surface area contributed by atoms with Gasteiger partial charge in [0, 0.05) is 12.5 Å². The van der Waals surface area contributed by atoms with E-state index in [1.54, 1.807) is 7.11 Å². The number of amides is 1. The van der Waals surface area contributed by atoms with Gasteiger partial charge in [-0.3, -0.25) is 9.69 Å². The van der Waals surface area contributed by atoms with E-state index in [9.17, 15) is 9.18 Å². The molecule has 6 heteroatoms. The number of likely N-dealkylation sites (tertiary alicyclic amines) is 1. The van der Waals surface area contributed by atoms with Crippen LogP contribution in [0.5, 0.6) is 5.75 Å². The van der Waals surface area contributed by atoms with E-state index in [0.29, 0.717) is 0 Å². The Hall–Kier alpha value is -2.73. The van der Waals surface area contributed by atoms with Gasteiger partial charge in [0.25, 0.3) is 0 Å². The third kappa shape index (κ3) is 5.39. The molecule has 5 nitrogen and oxygen atoms in total. The number of piperidine rings is 1. The van der Waals surface area contributed by atoms with Gasteiger partial charge in [0.15, 0.2) is 0 Å². The minimum absolute atomic E-state index is 0.0307. The minimum atomic E-state index is -0.218. The molecule has 1 N–H and O–H groups in total. The minimum Gasteiger partial charge on any atom is -0.497 e. The van der Waals surface area contributed by atoms with Gasteiger partial charge in [-0.25, -0.2) is 9.82 Å². The second-order valence-electron chi connectivity index (χ2n) is 7.08. The molecule has 148 valence electrons. The Labute approximate surface area is 165 Å². The molecule has 28 heavy (non-hydrogen) atoms. The van der Waals surface area contributed by atoms with Crippen molar-refractivity contribution in [2.45, 2.75) is 26.3 Å². The zero-order valence-electron chi connectivity index (χ0n) is 16.3. The standard InChI is InChI=1S/C22H26FN3O2/c1-16(18-5-9-21(28-2)10-6-18)24-25-22(27)19-11-13-26(14-12-19)15-17-3-7-20(23)8-4-17/h3-10,19H,11-15H2,1-2H3,(H,25,27). The van der Waals surface area contributed by atoms with E-state index < -0.39 is 0 Å². The van der Waals surface area contributed by atoms with Crippen LogP contribution >= 0.6 is 0 Å². The molecule has 0 aliphatic carbocycles. The van der Waals surface area contributed by atoms with Gasteiger partial charge in [-0.05, 0) is 80.4 Å². The highest BCUT2D eigenvalue weighted by atomic mass is 19.1. The smallest absolute Gasteiger partial charge is 0.243 e. The van der Waals surface area contributed by atoms with Crippen LogP contribution in [-0.2, 0) is 11.3 Å². The zero-order chi connectivity index (χ0) is 19.9. The van der Waals surface area contributed by atoms with E-state index in [4.69, 9.17) is 4.74 Å². The van der Waals surface area contributed by atoms with Gasteiger partial charge in [0.1, 0.15) is 11.6 Å². The number of carbonyl (C=O) groups is 1. The lowest BCUT2D eigenvalue weighted by molar-refractivity contribution is -0.126. The second kappa shape index (κ2) is 9.46. The Morgan fingerprint density at radius 3 is 2.39 bits per heavy atom. The fourth-order valence-electron chi connectivity index (χ4n) is 3.33. The number of ether oxygens (including phenoxy) is 1. The number of hydrazone groups is 1. The average Bonchev–Trinajstić information content (AvgIpc) is 2.74. The lowest BCUT2D eigenvalue weighted by Gasteiger charge is -2.30. The summed E-state index contributed by atoms with van der Waals surface area (Å²) in [5.74, 6) is 0.503. The molecule has 0 aromatic heterocycles. The van der Waals surface area contributed by atoms with E-state index in [1.165, 1.54) is 12.1 Å². The number of hydrogen-bond donors (Lipinski definition) is 1. The molecule has 0 bridgehead atoms. The second-order valence-corrected chi connectivity index (χ2v) is 7.08. The molecule has 0 atom stereocenters. The largest absolute Gasteiger partial charge is 0.497 e. The molecule has 1 heterocycles. The van der Waals surface area contributed by atoms with E-state index >= 15 is 0 Å². The lowest BCUT2D eigenvalue weighted by Crippen LogP contribution is -2.39. The van der Waals surface area contributed by atoms with Crippen LogP contribution < -0.4 is 10.2 Å². The van der Waals surface area contributed by atoms with Crippen LogP contribution in [0.3, 0.4) is 0 Å². The molecule has 2 aromatic rings. The van der Waals surface area contributed by atoms with Crippen LogP contribution in [0.1, 0.15) is 30.9 Å². The van der Waals surface area contributed by atoms with Crippen LogP contribution in [0.4, 0.5) is 4.39 Å². The number of hydrogen-bond acceptors (Lipinski definition) is 4. The van der Waals surface area contributed by atoms with Crippen LogP contribution in [0.2, 0.25) is 0 Å². The molecule has 1 amide bonds. The highest BCUT2D eigenvalue weighted by molar-refractivity contribution is 5.99. The summed E-state index contributed by atoms with van der Waals surface area (Å²) in [4.78, 5) is 14.7. The van der Waals surface area contributed by atoms with Gasteiger partial charge in [-0.2, -0.15) is 5.10 Å². The number of rotatable bonds is 6. The SMILES string of the molecule is COc1ccc(C(C)=NNC(=O)C2CCN(Cc3ccc(F)cc3)CC2)cc1. The van der Waals surface area contributed by atoms with Crippen molar-refractivity contribution in [2.24, 2.45) is 11.0 Å². The molecule has 1 aliphatic rings. The Morgan fingerprint density at radius 1 is 1.14 bits per heavy atom. The van der Waals surface area contributed by atoms with Crippen molar-refractivity contribution >= 4 is 11.6 Å². The van der Waals surface area contributed by atoms with Crippen LogP contribution in [0.25, 0.3) is 0 Å². The summed E-state index contributed by atoms with van der Waals surface area (Å²) < 4.78 is 18.2. The number of halogens is 1. The number of benzene rings is 2. The molecule has 0 unspecified atom stereocenters. The monoisotopic (exact) mass is 383 g/mol. The molecular formula is C22H26FN3O2. The summed E-state index contributed by atoms with van der Waals surface area (Å²) in [5.41, 5.74) is 5.49. The van der Waals surface area contributed by atoms with Gasteiger partial charge in [-0.15, -0.1) is 0 Å². The Balaban J connectivity index is 1.47. The van der Waals surface area contributed by atoms with Crippen LogP contribution in [-0.4, -0.2) is 36.7 Å². The van der Waals surface area contributed by atoms with Gasteiger partial charge in [0.2, 0.25) is 5.91 Å². The maximum Gasteiger partial charge on any atom is 0.243 e. The third-order valence-electron chi connectivity index (χ3n) is 5.12. The zero-order valence-corrected chi connectivity index (χ0v) is 16.3. The first kappa shape index (κ1) is 20.0. The summed E-state index contributed by atoms with van der Waals surface area (Å²) >= 11 is 0. The Bertz CT molecular complexity index is 811. The van der Waals surface area contributed by atoms with Crippen molar-refractivity contribution in [1.82, 2.24) is 10.3 Å². The maximum absolute atomic E-state index is 13.0. The van der Waals surface area contributed by atoms with Crippen molar-refractivity contribution in [3.05, 3.63) is 65.5 Å². The molecular weight excluding hydrogens is 357 g/mol. The maximum atomic E-state index is 13.0. The summed E-state index contributed by atoms with van der Waals surface area (Å²) in [6.07, 6.45) is 1.59. The summed E-state index contributed by atoms with van der Waals surface area (Å²) in [6.45, 7) is 4.34. The summed E-state index contributed by atoms with van der Waals surface area (Å²) in [5, 5.41) is 4.25. The molecule has 0 radical (unpaired) electrons. The highest BCUT2D eigenvalue weighted by Gasteiger charge is 2.24.